The van der Waals surface area contributed by atoms with Gasteiger partial charge in [0, 0.05) is 37.8 Å². The quantitative estimate of drug-likeness (QED) is 0.605. The minimum absolute atomic E-state index is 0.132. The van der Waals surface area contributed by atoms with Crippen LogP contribution in [0.2, 0.25) is 0 Å². The Hall–Kier alpha value is -3.07. The summed E-state index contributed by atoms with van der Waals surface area (Å²) in [6, 6.07) is 7.32. The number of nitrogens with zero attached hydrogens (tertiary/aromatic N) is 2. The minimum atomic E-state index is -0.686. The van der Waals surface area contributed by atoms with Crippen LogP contribution < -0.4 is 10.2 Å². The van der Waals surface area contributed by atoms with Crippen LogP contribution in [0.15, 0.2) is 36.4 Å². The minimum Gasteiger partial charge on any atom is -0.378 e. The first-order valence-corrected chi connectivity index (χ1v) is 8.78. The summed E-state index contributed by atoms with van der Waals surface area (Å²) in [5, 5.41) is 13.8. The van der Waals surface area contributed by atoms with Gasteiger partial charge in [0.2, 0.25) is 0 Å². The van der Waals surface area contributed by atoms with Crippen LogP contribution in [0, 0.1) is 21.7 Å². The number of non-ortho nitro benzene ring substituents is 1. The Morgan fingerprint density at radius 2 is 1.82 bits per heavy atom. The van der Waals surface area contributed by atoms with Gasteiger partial charge in [0.15, 0.2) is 0 Å². The van der Waals surface area contributed by atoms with Crippen molar-refractivity contribution in [3.8, 4) is 0 Å². The van der Waals surface area contributed by atoms with Crippen molar-refractivity contribution in [1.29, 1.82) is 0 Å². The number of carbonyl (C=O) groups is 1. The van der Waals surface area contributed by atoms with Crippen LogP contribution in [0.5, 0.6) is 0 Å². The number of morpholine rings is 1. The number of hydrogen-bond acceptors (Lipinski definition) is 5. The molecule has 1 fully saturated rings. The van der Waals surface area contributed by atoms with Crippen LogP contribution in [0.4, 0.5) is 20.2 Å². The number of benzene rings is 2. The molecule has 1 saturated heterocycles. The number of amides is 1. The Labute approximate surface area is 160 Å². The molecule has 9 heteroatoms. The summed E-state index contributed by atoms with van der Waals surface area (Å²) in [6.07, 6.45) is 0.224. The van der Waals surface area contributed by atoms with E-state index in [-0.39, 0.29) is 24.2 Å². The molecule has 1 aliphatic heterocycles. The van der Waals surface area contributed by atoms with Crippen molar-refractivity contribution in [1.82, 2.24) is 5.32 Å². The molecule has 1 aliphatic rings. The number of halogens is 2. The lowest BCUT2D eigenvalue weighted by atomic mass is 10.1. The fourth-order valence-corrected chi connectivity index (χ4v) is 3.07. The number of anilines is 1. The summed E-state index contributed by atoms with van der Waals surface area (Å²) in [5.41, 5.74) is 0.990. The first-order chi connectivity index (χ1) is 13.4. The average molecular weight is 391 g/mol. The Morgan fingerprint density at radius 1 is 1.14 bits per heavy atom. The molecule has 0 saturated carbocycles. The number of carbonyl (C=O) groups excluding carboxylic acids is 1. The van der Waals surface area contributed by atoms with Gasteiger partial charge in [-0.15, -0.1) is 0 Å². The summed E-state index contributed by atoms with van der Waals surface area (Å²) < 4.78 is 31.8. The normalized spacial score (nSPS) is 14.0. The molecule has 0 spiro atoms. The van der Waals surface area contributed by atoms with Crippen LogP contribution in [-0.2, 0) is 11.2 Å². The van der Waals surface area contributed by atoms with Gasteiger partial charge in [0.05, 0.1) is 29.4 Å². The van der Waals surface area contributed by atoms with Crippen molar-refractivity contribution in [3.05, 3.63) is 69.3 Å². The van der Waals surface area contributed by atoms with Gasteiger partial charge in [-0.3, -0.25) is 14.9 Å². The molecule has 0 atom stereocenters. The summed E-state index contributed by atoms with van der Waals surface area (Å²) in [5.74, 6) is -1.86. The first-order valence-electron chi connectivity index (χ1n) is 8.78. The van der Waals surface area contributed by atoms with Gasteiger partial charge in [0.25, 0.3) is 11.6 Å². The Balaban J connectivity index is 1.74. The van der Waals surface area contributed by atoms with Crippen LogP contribution in [-0.4, -0.2) is 43.7 Å². The molecule has 1 N–H and O–H groups in total. The summed E-state index contributed by atoms with van der Waals surface area (Å²) in [6.45, 7) is 2.28. The van der Waals surface area contributed by atoms with Crippen molar-refractivity contribution < 1.29 is 23.2 Å². The third-order valence-electron chi connectivity index (χ3n) is 4.41. The molecule has 0 aromatic heterocycles. The van der Waals surface area contributed by atoms with E-state index >= 15 is 0 Å². The van der Waals surface area contributed by atoms with Crippen LogP contribution >= 0.6 is 0 Å². The van der Waals surface area contributed by atoms with E-state index in [1.807, 2.05) is 4.90 Å². The van der Waals surface area contributed by atoms with Gasteiger partial charge in [-0.2, -0.15) is 0 Å². The lowest BCUT2D eigenvalue weighted by Crippen LogP contribution is -2.38. The third-order valence-corrected chi connectivity index (χ3v) is 4.41. The Morgan fingerprint density at radius 3 is 2.46 bits per heavy atom. The number of nitrogens with one attached hydrogen (secondary N) is 1. The molecule has 0 aliphatic carbocycles. The highest BCUT2D eigenvalue weighted by molar-refractivity contribution is 6.00. The topological polar surface area (TPSA) is 84.7 Å². The monoisotopic (exact) mass is 391 g/mol. The lowest BCUT2D eigenvalue weighted by Gasteiger charge is -2.30. The Kier molecular flexibility index (Phi) is 6.15. The summed E-state index contributed by atoms with van der Waals surface area (Å²) in [4.78, 5) is 25.1. The molecule has 2 aromatic rings. The van der Waals surface area contributed by atoms with Gasteiger partial charge < -0.3 is 15.0 Å². The van der Waals surface area contributed by atoms with Gasteiger partial charge in [0.1, 0.15) is 11.6 Å². The predicted octanol–water partition coefficient (Wildman–Crippen LogP) is 2.68. The van der Waals surface area contributed by atoms with Crippen LogP contribution in [0.3, 0.4) is 0 Å². The number of ether oxygens (including phenoxy) is 1. The van der Waals surface area contributed by atoms with Gasteiger partial charge >= 0.3 is 0 Å². The maximum Gasteiger partial charge on any atom is 0.270 e. The van der Waals surface area contributed by atoms with E-state index in [0.29, 0.717) is 37.6 Å². The smallest absolute Gasteiger partial charge is 0.270 e. The van der Waals surface area contributed by atoms with Crippen molar-refractivity contribution in [2.24, 2.45) is 0 Å². The largest absolute Gasteiger partial charge is 0.378 e. The fraction of sp³-hybridized carbons (Fsp3) is 0.316. The molecule has 148 valence electrons. The third kappa shape index (κ3) is 4.80. The molecule has 3 rings (SSSR count). The summed E-state index contributed by atoms with van der Waals surface area (Å²) in [7, 11) is 0. The van der Waals surface area contributed by atoms with Crippen LogP contribution in [0.25, 0.3) is 0 Å². The van der Waals surface area contributed by atoms with Crippen molar-refractivity contribution in [2.45, 2.75) is 6.42 Å². The molecule has 0 unspecified atom stereocenters. The zero-order valence-corrected chi connectivity index (χ0v) is 15.0. The molecule has 0 bridgehead atoms. The van der Waals surface area contributed by atoms with E-state index in [2.05, 4.69) is 5.32 Å². The zero-order chi connectivity index (χ0) is 20.1. The molecular weight excluding hydrogens is 372 g/mol. The standard InChI is InChI=1S/C19H19F2N3O4/c20-14-9-13(10-15(21)11-14)3-4-22-19(25)17-12-16(24(26)27)1-2-18(17)23-5-7-28-8-6-23/h1-2,9-12H,3-8H2,(H,22,25). The van der Waals surface area contributed by atoms with E-state index in [1.54, 1.807) is 6.07 Å². The summed E-state index contributed by atoms with van der Waals surface area (Å²) >= 11 is 0. The van der Waals surface area contributed by atoms with E-state index in [1.165, 1.54) is 24.3 Å². The van der Waals surface area contributed by atoms with Crippen molar-refractivity contribution in [2.75, 3.05) is 37.7 Å². The Bertz CT molecular complexity index is 865. The lowest BCUT2D eigenvalue weighted by molar-refractivity contribution is -0.384. The first kappa shape index (κ1) is 19.7. The van der Waals surface area contributed by atoms with E-state index < -0.39 is 22.5 Å². The second-order valence-electron chi connectivity index (χ2n) is 6.34. The highest BCUT2D eigenvalue weighted by Crippen LogP contribution is 2.26. The number of nitro benzene ring substituents is 1. The van der Waals surface area contributed by atoms with Gasteiger partial charge in [-0.25, -0.2) is 8.78 Å². The molecule has 1 heterocycles. The number of rotatable bonds is 6. The molecule has 1 amide bonds. The zero-order valence-electron chi connectivity index (χ0n) is 15.0. The van der Waals surface area contributed by atoms with Gasteiger partial charge in [-0.1, -0.05) is 0 Å². The van der Waals surface area contributed by atoms with Crippen molar-refractivity contribution >= 4 is 17.3 Å². The maximum absolute atomic E-state index is 13.3. The highest BCUT2D eigenvalue weighted by Gasteiger charge is 2.22. The molecule has 28 heavy (non-hydrogen) atoms. The maximum atomic E-state index is 13.3. The molecule has 0 radical (unpaired) electrons. The fourth-order valence-electron chi connectivity index (χ4n) is 3.07. The highest BCUT2D eigenvalue weighted by atomic mass is 19.1. The van der Waals surface area contributed by atoms with Gasteiger partial charge in [-0.05, 0) is 30.2 Å². The SMILES string of the molecule is O=C(NCCc1cc(F)cc(F)c1)c1cc([N+](=O)[O-])ccc1N1CCOCC1. The van der Waals surface area contributed by atoms with Crippen LogP contribution in [0.1, 0.15) is 15.9 Å². The molecular formula is C19H19F2N3O4. The molecule has 2 aromatic carbocycles. The molecule has 7 nitrogen and oxygen atoms in total. The van der Waals surface area contributed by atoms with E-state index in [0.717, 1.165) is 6.07 Å². The van der Waals surface area contributed by atoms with Crippen molar-refractivity contribution in [3.63, 3.8) is 0 Å². The second kappa shape index (κ2) is 8.75. The predicted molar refractivity (Wildman–Crippen MR) is 98.5 cm³/mol. The van der Waals surface area contributed by atoms with E-state index in [9.17, 15) is 23.7 Å². The average Bonchev–Trinajstić information content (AvgIpc) is 2.67. The second-order valence-corrected chi connectivity index (χ2v) is 6.34. The number of hydrogen-bond donors (Lipinski definition) is 1. The van der Waals surface area contributed by atoms with E-state index in [4.69, 9.17) is 4.74 Å². The number of nitro groups is 1.